The van der Waals surface area contributed by atoms with Crippen LogP contribution in [0.5, 0.6) is 0 Å². The van der Waals surface area contributed by atoms with E-state index in [1.807, 2.05) is 23.3 Å². The minimum Gasteiger partial charge on any atom is -0.382 e. The molecule has 0 saturated carbocycles. The summed E-state index contributed by atoms with van der Waals surface area (Å²) in [5.74, 6) is 0.167. The first kappa shape index (κ1) is 15.4. The van der Waals surface area contributed by atoms with Gasteiger partial charge in [-0.15, -0.1) is 11.3 Å². The lowest BCUT2D eigenvalue weighted by molar-refractivity contribution is -0.130. The molecule has 2 unspecified atom stereocenters. The van der Waals surface area contributed by atoms with Crippen molar-refractivity contribution in [2.24, 2.45) is 0 Å². The van der Waals surface area contributed by atoms with Gasteiger partial charge in [-0.05, 0) is 24.8 Å². The van der Waals surface area contributed by atoms with E-state index in [9.17, 15) is 4.79 Å². The van der Waals surface area contributed by atoms with Gasteiger partial charge in [0, 0.05) is 25.1 Å². The quantitative estimate of drug-likeness (QED) is 0.741. The lowest BCUT2D eigenvalue weighted by Crippen LogP contribution is -2.31. The van der Waals surface area contributed by atoms with E-state index in [1.54, 1.807) is 18.4 Å². The molecule has 112 valence electrons. The summed E-state index contributed by atoms with van der Waals surface area (Å²) in [6.07, 6.45) is 0.850. The van der Waals surface area contributed by atoms with Gasteiger partial charge in [0.15, 0.2) is 0 Å². The van der Waals surface area contributed by atoms with Crippen LogP contribution in [0, 0.1) is 0 Å². The molecule has 1 saturated heterocycles. The summed E-state index contributed by atoms with van der Waals surface area (Å²) in [6.45, 7) is 4.49. The van der Waals surface area contributed by atoms with Gasteiger partial charge in [0.2, 0.25) is 5.91 Å². The average Bonchev–Trinajstić information content (AvgIpc) is 3.05. The van der Waals surface area contributed by atoms with Gasteiger partial charge in [-0.1, -0.05) is 6.07 Å². The Labute approximate surface area is 123 Å². The maximum Gasteiger partial charge on any atom is 0.241 e. The SMILES string of the molecule is COCCOCCCN1C(=O)C(C)NC1c1cccs1. The molecule has 1 amide bonds. The zero-order chi connectivity index (χ0) is 14.4. The second-order valence-corrected chi connectivity index (χ2v) is 5.78. The maximum atomic E-state index is 12.2. The zero-order valence-corrected chi connectivity index (χ0v) is 12.8. The fourth-order valence-corrected chi connectivity index (χ4v) is 3.07. The number of carbonyl (C=O) groups excluding carboxylic acids is 1. The monoisotopic (exact) mass is 298 g/mol. The standard InChI is InChI=1S/C14H22N2O3S/c1-11-14(17)16(6-4-7-19-9-8-18-2)13(15-11)12-5-3-10-20-12/h3,5,10-11,13,15H,4,6-9H2,1-2H3. The van der Waals surface area contributed by atoms with E-state index < -0.39 is 0 Å². The largest absolute Gasteiger partial charge is 0.382 e. The van der Waals surface area contributed by atoms with Crippen molar-refractivity contribution in [3.05, 3.63) is 22.4 Å². The normalized spacial score (nSPS) is 22.7. The van der Waals surface area contributed by atoms with E-state index in [4.69, 9.17) is 9.47 Å². The van der Waals surface area contributed by atoms with Gasteiger partial charge in [0.25, 0.3) is 0 Å². The van der Waals surface area contributed by atoms with Gasteiger partial charge in [-0.3, -0.25) is 10.1 Å². The van der Waals surface area contributed by atoms with Gasteiger partial charge in [-0.25, -0.2) is 0 Å². The van der Waals surface area contributed by atoms with E-state index in [-0.39, 0.29) is 18.1 Å². The van der Waals surface area contributed by atoms with Crippen LogP contribution in [0.2, 0.25) is 0 Å². The first-order chi connectivity index (χ1) is 9.74. The molecule has 0 spiro atoms. The van der Waals surface area contributed by atoms with Crippen molar-refractivity contribution in [3.63, 3.8) is 0 Å². The van der Waals surface area contributed by atoms with E-state index in [0.717, 1.165) is 6.42 Å². The molecule has 0 radical (unpaired) electrons. The Bertz CT molecular complexity index is 411. The van der Waals surface area contributed by atoms with Gasteiger partial charge >= 0.3 is 0 Å². The van der Waals surface area contributed by atoms with E-state index in [2.05, 4.69) is 11.4 Å². The summed E-state index contributed by atoms with van der Waals surface area (Å²) >= 11 is 1.67. The van der Waals surface area contributed by atoms with Gasteiger partial charge in [0.1, 0.15) is 6.17 Å². The number of hydrogen-bond donors (Lipinski definition) is 1. The van der Waals surface area contributed by atoms with Crippen LogP contribution in [0.15, 0.2) is 17.5 Å². The number of methoxy groups -OCH3 is 1. The summed E-state index contributed by atoms with van der Waals surface area (Å²) in [5.41, 5.74) is 0. The van der Waals surface area contributed by atoms with Crippen molar-refractivity contribution in [1.29, 1.82) is 0 Å². The Morgan fingerprint density at radius 3 is 2.95 bits per heavy atom. The number of carbonyl (C=O) groups is 1. The van der Waals surface area contributed by atoms with Crippen LogP contribution in [0.1, 0.15) is 24.4 Å². The Hall–Kier alpha value is -0.950. The van der Waals surface area contributed by atoms with Crippen molar-refractivity contribution in [3.8, 4) is 0 Å². The number of rotatable bonds is 8. The van der Waals surface area contributed by atoms with Crippen LogP contribution in [-0.2, 0) is 14.3 Å². The van der Waals surface area contributed by atoms with Gasteiger partial charge < -0.3 is 14.4 Å². The average molecular weight is 298 g/mol. The van der Waals surface area contributed by atoms with Gasteiger partial charge in [0.05, 0.1) is 19.3 Å². The number of amides is 1. The molecule has 5 nitrogen and oxygen atoms in total. The summed E-state index contributed by atoms with van der Waals surface area (Å²) < 4.78 is 10.4. The molecule has 0 aromatic carbocycles. The van der Waals surface area contributed by atoms with E-state index in [0.29, 0.717) is 26.4 Å². The lowest BCUT2D eigenvalue weighted by Gasteiger charge is -2.23. The molecule has 2 atom stereocenters. The molecule has 2 heterocycles. The van der Waals surface area contributed by atoms with Crippen LogP contribution in [-0.4, -0.2) is 50.3 Å². The number of nitrogens with one attached hydrogen (secondary N) is 1. The molecule has 20 heavy (non-hydrogen) atoms. The third-order valence-corrected chi connectivity index (χ3v) is 4.23. The molecule has 1 fully saturated rings. The van der Waals surface area contributed by atoms with E-state index >= 15 is 0 Å². The van der Waals surface area contributed by atoms with Crippen LogP contribution in [0.3, 0.4) is 0 Å². The Balaban J connectivity index is 1.82. The Kier molecular flexibility index (Phi) is 5.97. The zero-order valence-electron chi connectivity index (χ0n) is 12.0. The van der Waals surface area contributed by atoms with Crippen molar-refractivity contribution < 1.29 is 14.3 Å². The van der Waals surface area contributed by atoms with Crippen LogP contribution < -0.4 is 5.32 Å². The summed E-state index contributed by atoms with van der Waals surface area (Å²) in [5, 5.41) is 5.38. The van der Waals surface area contributed by atoms with Crippen molar-refractivity contribution >= 4 is 17.2 Å². The van der Waals surface area contributed by atoms with E-state index in [1.165, 1.54) is 4.88 Å². The molecule has 0 aliphatic carbocycles. The Morgan fingerprint density at radius 2 is 2.25 bits per heavy atom. The first-order valence-corrected chi connectivity index (χ1v) is 7.78. The van der Waals surface area contributed by atoms with Crippen molar-refractivity contribution in [1.82, 2.24) is 10.2 Å². The molecule has 2 rings (SSSR count). The van der Waals surface area contributed by atoms with Crippen LogP contribution >= 0.6 is 11.3 Å². The van der Waals surface area contributed by atoms with Crippen LogP contribution in [0.4, 0.5) is 0 Å². The highest BCUT2D eigenvalue weighted by atomic mass is 32.1. The Morgan fingerprint density at radius 1 is 1.40 bits per heavy atom. The molecule has 1 aromatic rings. The van der Waals surface area contributed by atoms with Crippen molar-refractivity contribution in [2.45, 2.75) is 25.6 Å². The first-order valence-electron chi connectivity index (χ1n) is 6.90. The minimum atomic E-state index is -0.114. The molecule has 6 heteroatoms. The second kappa shape index (κ2) is 7.73. The van der Waals surface area contributed by atoms with Crippen molar-refractivity contribution in [2.75, 3.05) is 33.5 Å². The summed E-state index contributed by atoms with van der Waals surface area (Å²) in [7, 11) is 1.66. The third kappa shape index (κ3) is 3.79. The lowest BCUT2D eigenvalue weighted by atomic mass is 10.3. The van der Waals surface area contributed by atoms with Gasteiger partial charge in [-0.2, -0.15) is 0 Å². The smallest absolute Gasteiger partial charge is 0.241 e. The third-order valence-electron chi connectivity index (χ3n) is 3.31. The summed E-state index contributed by atoms with van der Waals surface area (Å²) in [4.78, 5) is 15.3. The molecule has 1 aromatic heterocycles. The predicted octanol–water partition coefficient (Wildman–Crippen LogP) is 1.62. The topological polar surface area (TPSA) is 50.8 Å². The number of hydrogen-bond acceptors (Lipinski definition) is 5. The highest BCUT2D eigenvalue weighted by Gasteiger charge is 2.36. The summed E-state index contributed by atoms with van der Waals surface area (Å²) in [6, 6.07) is 3.97. The number of ether oxygens (including phenoxy) is 2. The predicted molar refractivity (Wildman–Crippen MR) is 78.7 cm³/mol. The number of thiophene rings is 1. The fraction of sp³-hybridized carbons (Fsp3) is 0.643. The minimum absolute atomic E-state index is 0.0106. The molecule has 1 aliphatic heterocycles. The molecular weight excluding hydrogens is 276 g/mol. The molecule has 1 aliphatic rings. The fourth-order valence-electron chi connectivity index (χ4n) is 2.28. The second-order valence-electron chi connectivity index (χ2n) is 4.80. The highest BCUT2D eigenvalue weighted by Crippen LogP contribution is 2.28. The molecular formula is C14H22N2O3S. The molecule has 1 N–H and O–H groups in total. The van der Waals surface area contributed by atoms with Crippen LogP contribution in [0.25, 0.3) is 0 Å². The molecule has 0 bridgehead atoms. The highest BCUT2D eigenvalue weighted by molar-refractivity contribution is 7.10. The maximum absolute atomic E-state index is 12.2. The number of nitrogens with zero attached hydrogens (tertiary/aromatic N) is 1.